The molecule has 0 fully saturated rings. The van der Waals surface area contributed by atoms with Crippen LogP contribution in [0.25, 0.3) is 17.1 Å². The van der Waals surface area contributed by atoms with E-state index < -0.39 is 0 Å². The van der Waals surface area contributed by atoms with E-state index >= 15 is 0 Å². The topological polar surface area (TPSA) is 17.8 Å². The fourth-order valence-corrected chi connectivity index (χ4v) is 2.79. The van der Waals surface area contributed by atoms with Crippen LogP contribution in [0.15, 0.2) is 41.4 Å². The van der Waals surface area contributed by atoms with Gasteiger partial charge in [0.25, 0.3) is 0 Å². The maximum Gasteiger partial charge on any atom is 0.0411 e. The number of nitrogens with zero attached hydrogens (tertiary/aromatic N) is 2. The van der Waals surface area contributed by atoms with Crippen molar-refractivity contribution in [2.45, 2.75) is 13.8 Å². The molecule has 2 heterocycles. The van der Waals surface area contributed by atoms with Crippen LogP contribution in [0.1, 0.15) is 11.1 Å². The predicted molar refractivity (Wildman–Crippen MR) is 75.2 cm³/mol. The van der Waals surface area contributed by atoms with Crippen LogP contribution in [0.5, 0.6) is 0 Å². The molecule has 0 bridgehead atoms. The van der Waals surface area contributed by atoms with Gasteiger partial charge in [0.15, 0.2) is 0 Å². The minimum atomic E-state index is 0. The molecule has 0 N–H and O–H groups in total. The van der Waals surface area contributed by atoms with E-state index in [1.807, 2.05) is 17.8 Å². The number of aromatic nitrogens is 2. The summed E-state index contributed by atoms with van der Waals surface area (Å²) in [6.07, 6.45) is 3.85. The molecule has 2 nitrogen and oxygen atoms in total. The van der Waals surface area contributed by atoms with Crippen molar-refractivity contribution in [3.63, 3.8) is 0 Å². The smallest absolute Gasteiger partial charge is 0.0411 e. The van der Waals surface area contributed by atoms with Gasteiger partial charge in [-0.25, -0.2) is 11.3 Å². The Morgan fingerprint density at radius 3 is 2.58 bits per heavy atom. The molecule has 1 aromatic carbocycles. The van der Waals surface area contributed by atoms with Gasteiger partial charge in [-0.05, 0) is 25.0 Å². The Balaban J connectivity index is 0.00000133. The van der Waals surface area contributed by atoms with E-state index in [2.05, 4.69) is 53.0 Å². The summed E-state index contributed by atoms with van der Waals surface area (Å²) in [5.74, 6) is 0.952. The van der Waals surface area contributed by atoms with E-state index in [9.17, 15) is 0 Å². The summed E-state index contributed by atoms with van der Waals surface area (Å²) in [6, 6.07) is 9.57. The SMILES string of the molecule is Cc1cccc(C)c1-n1ccnc1-c1[c-]csc1.[Ir]. The van der Waals surface area contributed by atoms with Gasteiger partial charge >= 0.3 is 0 Å². The zero-order valence-electron chi connectivity index (χ0n) is 10.7. The first kappa shape index (κ1) is 14.2. The number of hydrogen-bond acceptors (Lipinski definition) is 2. The molecule has 1 radical (unpaired) electrons. The monoisotopic (exact) mass is 446 g/mol. The first-order valence-electron chi connectivity index (χ1n) is 5.81. The summed E-state index contributed by atoms with van der Waals surface area (Å²) in [6.45, 7) is 4.26. The number of para-hydroxylation sites is 1. The second kappa shape index (κ2) is 5.83. The molecule has 3 aromatic rings. The Kier molecular flexibility index (Phi) is 4.35. The molecule has 4 heteroatoms. The van der Waals surface area contributed by atoms with Gasteiger partial charge in [-0.15, -0.1) is 10.9 Å². The molecule has 0 aliphatic rings. The Bertz CT molecular complexity index is 651. The van der Waals surface area contributed by atoms with E-state index in [0.717, 1.165) is 11.4 Å². The quantitative estimate of drug-likeness (QED) is 0.545. The second-order valence-electron chi connectivity index (χ2n) is 4.29. The van der Waals surface area contributed by atoms with Crippen LogP contribution in [-0.2, 0) is 20.1 Å². The van der Waals surface area contributed by atoms with Crippen LogP contribution in [-0.4, -0.2) is 9.55 Å². The van der Waals surface area contributed by atoms with Crippen molar-refractivity contribution in [1.82, 2.24) is 9.55 Å². The zero-order chi connectivity index (χ0) is 12.5. The van der Waals surface area contributed by atoms with Crippen molar-refractivity contribution < 1.29 is 20.1 Å². The molecule has 99 valence electrons. The van der Waals surface area contributed by atoms with Crippen LogP contribution >= 0.6 is 11.3 Å². The average Bonchev–Trinajstić information content (AvgIpc) is 2.98. The summed E-state index contributed by atoms with van der Waals surface area (Å²) < 4.78 is 2.14. The number of benzene rings is 1. The molecular formula is C15H13IrN2S-. The molecule has 3 rings (SSSR count). The first-order valence-corrected chi connectivity index (χ1v) is 6.76. The van der Waals surface area contributed by atoms with Crippen LogP contribution in [0.4, 0.5) is 0 Å². The molecule has 2 aromatic heterocycles. The maximum atomic E-state index is 4.46. The molecule has 0 saturated carbocycles. The standard InChI is InChI=1S/C15H13N2S.Ir/c1-11-4-3-5-12(2)14(11)17-8-7-16-15(17)13-6-9-18-10-13;/h3-5,7-10H,1-2H3;/q-1;. The molecule has 0 unspecified atom stereocenters. The van der Waals surface area contributed by atoms with Gasteiger partial charge in [0.05, 0.1) is 0 Å². The van der Waals surface area contributed by atoms with Gasteiger partial charge in [0.2, 0.25) is 0 Å². The summed E-state index contributed by atoms with van der Waals surface area (Å²) in [4.78, 5) is 4.46. The Morgan fingerprint density at radius 1 is 1.21 bits per heavy atom. The van der Waals surface area contributed by atoms with E-state index in [0.29, 0.717) is 0 Å². The number of rotatable bonds is 2. The molecule has 19 heavy (non-hydrogen) atoms. The summed E-state index contributed by atoms with van der Waals surface area (Å²) >= 11 is 1.64. The van der Waals surface area contributed by atoms with Gasteiger partial charge in [-0.3, -0.25) is 0 Å². The number of imidazole rings is 1. The summed E-state index contributed by atoms with van der Waals surface area (Å²) in [7, 11) is 0. The fourth-order valence-electron chi connectivity index (χ4n) is 2.22. The Labute approximate surface area is 130 Å². The molecular weight excluding hydrogens is 432 g/mol. The van der Waals surface area contributed by atoms with E-state index in [-0.39, 0.29) is 20.1 Å². The summed E-state index contributed by atoms with van der Waals surface area (Å²) in [5.41, 5.74) is 4.77. The third-order valence-corrected chi connectivity index (χ3v) is 3.66. The third-order valence-electron chi connectivity index (χ3n) is 3.03. The van der Waals surface area contributed by atoms with E-state index in [4.69, 9.17) is 0 Å². The van der Waals surface area contributed by atoms with Crippen LogP contribution in [0, 0.1) is 19.9 Å². The fraction of sp³-hybridized carbons (Fsp3) is 0.133. The normalized spacial score (nSPS) is 10.2. The molecule has 0 spiro atoms. The van der Waals surface area contributed by atoms with Gasteiger partial charge in [0, 0.05) is 44.0 Å². The van der Waals surface area contributed by atoms with Crippen molar-refractivity contribution in [3.05, 3.63) is 58.5 Å². The van der Waals surface area contributed by atoms with Crippen LogP contribution in [0.3, 0.4) is 0 Å². The molecule has 0 saturated heterocycles. The molecule has 0 aliphatic carbocycles. The number of aryl methyl sites for hydroxylation is 2. The van der Waals surface area contributed by atoms with Crippen molar-refractivity contribution in [3.8, 4) is 17.1 Å². The van der Waals surface area contributed by atoms with Gasteiger partial charge in [0.1, 0.15) is 0 Å². The predicted octanol–water partition coefficient (Wildman–Crippen LogP) is 4.02. The molecule has 0 atom stereocenters. The summed E-state index contributed by atoms with van der Waals surface area (Å²) in [5, 5.41) is 4.03. The number of hydrogen-bond donors (Lipinski definition) is 0. The van der Waals surface area contributed by atoms with Crippen LogP contribution < -0.4 is 0 Å². The van der Waals surface area contributed by atoms with Gasteiger partial charge in [-0.2, -0.15) is 6.07 Å². The third kappa shape index (κ3) is 2.57. The molecule has 0 aliphatic heterocycles. The first-order chi connectivity index (χ1) is 8.77. The minimum Gasteiger partial charge on any atom is -0.353 e. The maximum absolute atomic E-state index is 4.46. The van der Waals surface area contributed by atoms with Gasteiger partial charge < -0.3 is 9.55 Å². The Morgan fingerprint density at radius 2 is 1.95 bits per heavy atom. The van der Waals surface area contributed by atoms with Crippen molar-refractivity contribution in [2.24, 2.45) is 0 Å². The largest absolute Gasteiger partial charge is 0.353 e. The van der Waals surface area contributed by atoms with E-state index in [1.165, 1.54) is 16.8 Å². The minimum absolute atomic E-state index is 0. The average molecular weight is 446 g/mol. The van der Waals surface area contributed by atoms with Gasteiger partial charge in [-0.1, -0.05) is 23.6 Å². The van der Waals surface area contributed by atoms with Crippen molar-refractivity contribution in [1.29, 1.82) is 0 Å². The zero-order valence-corrected chi connectivity index (χ0v) is 13.9. The number of thiophene rings is 1. The van der Waals surface area contributed by atoms with Crippen molar-refractivity contribution in [2.75, 3.05) is 0 Å². The van der Waals surface area contributed by atoms with Crippen molar-refractivity contribution >= 4 is 11.3 Å². The molecule has 0 amide bonds. The Hall–Kier alpha value is -1.22. The van der Waals surface area contributed by atoms with Crippen LogP contribution in [0.2, 0.25) is 0 Å². The second-order valence-corrected chi connectivity index (χ2v) is 5.03. The van der Waals surface area contributed by atoms with E-state index in [1.54, 1.807) is 11.3 Å².